The third-order valence-electron chi connectivity index (χ3n) is 2.38. The Kier molecular flexibility index (Phi) is 5.72. The predicted octanol–water partition coefficient (Wildman–Crippen LogP) is 4.32. The second-order valence-corrected chi connectivity index (χ2v) is 4.94. The van der Waals surface area contributed by atoms with Crippen LogP contribution in [-0.4, -0.2) is 24.0 Å². The lowest BCUT2D eigenvalue weighted by molar-refractivity contribution is -0.137. The molecule has 0 N–H and O–H groups in total. The van der Waals surface area contributed by atoms with Gasteiger partial charge in [-0.2, -0.15) is 13.2 Å². The van der Waals surface area contributed by atoms with Gasteiger partial charge in [-0.05, 0) is 35.3 Å². The number of anilines is 1. The maximum atomic E-state index is 12.9. The molecule has 0 radical (unpaired) electrons. The van der Waals surface area contributed by atoms with Crippen molar-refractivity contribution < 1.29 is 13.2 Å². The maximum Gasteiger partial charge on any atom is 0.419 e. The van der Waals surface area contributed by atoms with Crippen LogP contribution in [0.4, 0.5) is 19.0 Å². The van der Waals surface area contributed by atoms with Gasteiger partial charge in [-0.15, -0.1) is 11.6 Å². The molecular weight excluding hydrogens is 332 g/mol. The van der Waals surface area contributed by atoms with Crippen LogP contribution in [0.5, 0.6) is 0 Å². The molecule has 0 aliphatic carbocycles. The second kappa shape index (κ2) is 6.61. The van der Waals surface area contributed by atoms with E-state index in [9.17, 15) is 13.2 Å². The van der Waals surface area contributed by atoms with E-state index in [2.05, 4.69) is 20.9 Å². The third-order valence-corrected chi connectivity index (χ3v) is 3.08. The molecule has 0 bridgehead atoms. The lowest BCUT2D eigenvalue weighted by Gasteiger charge is -2.25. The van der Waals surface area contributed by atoms with E-state index in [4.69, 9.17) is 11.6 Å². The van der Waals surface area contributed by atoms with E-state index in [-0.39, 0.29) is 5.82 Å². The molecule has 18 heavy (non-hydrogen) atoms. The summed E-state index contributed by atoms with van der Waals surface area (Å²) in [6, 6.07) is 1.05. The normalized spacial score (nSPS) is 11.7. The first-order valence-electron chi connectivity index (χ1n) is 5.43. The van der Waals surface area contributed by atoms with Gasteiger partial charge in [-0.25, -0.2) is 4.98 Å². The minimum atomic E-state index is -4.42. The molecule has 1 rings (SSSR count). The summed E-state index contributed by atoms with van der Waals surface area (Å²) in [5, 5.41) is 0. The topological polar surface area (TPSA) is 16.1 Å². The summed E-state index contributed by atoms with van der Waals surface area (Å²) in [7, 11) is 0. The summed E-state index contributed by atoms with van der Waals surface area (Å²) in [6.07, 6.45) is -2.43. The summed E-state index contributed by atoms with van der Waals surface area (Å²) in [4.78, 5) is 5.47. The Hall–Kier alpha value is -0.490. The Labute approximate surface area is 117 Å². The average molecular weight is 346 g/mol. The van der Waals surface area contributed by atoms with Crippen LogP contribution >= 0.6 is 27.5 Å². The molecule has 1 aromatic rings. The lowest BCUT2D eigenvalue weighted by atomic mass is 10.2. The van der Waals surface area contributed by atoms with E-state index in [1.807, 2.05) is 0 Å². The molecule has 0 atom stereocenters. The summed E-state index contributed by atoms with van der Waals surface area (Å²) in [5.41, 5.74) is -0.728. The van der Waals surface area contributed by atoms with Crippen LogP contribution in [0.1, 0.15) is 18.9 Å². The molecule has 0 aromatic carbocycles. The van der Waals surface area contributed by atoms with Crippen molar-refractivity contribution in [3.8, 4) is 0 Å². The van der Waals surface area contributed by atoms with Gasteiger partial charge in [-0.1, -0.05) is 0 Å². The maximum absolute atomic E-state index is 12.9. The highest BCUT2D eigenvalue weighted by Gasteiger charge is 2.35. The smallest absolute Gasteiger partial charge is 0.356 e. The van der Waals surface area contributed by atoms with Gasteiger partial charge in [0.1, 0.15) is 5.82 Å². The summed E-state index contributed by atoms with van der Waals surface area (Å²) in [5.74, 6) is 0.368. The highest BCUT2D eigenvalue weighted by atomic mass is 79.9. The fourth-order valence-electron chi connectivity index (χ4n) is 1.56. The first-order chi connectivity index (χ1) is 8.40. The molecular formula is C11H13BrClF3N2. The van der Waals surface area contributed by atoms with Crippen molar-refractivity contribution >= 4 is 33.3 Å². The second-order valence-electron chi connectivity index (χ2n) is 3.64. The molecule has 0 aliphatic rings. The zero-order valence-electron chi connectivity index (χ0n) is 9.77. The fraction of sp³-hybridized carbons (Fsp3) is 0.545. The number of rotatable bonds is 5. The van der Waals surface area contributed by atoms with Gasteiger partial charge in [-0.3, -0.25) is 0 Å². The number of nitrogens with zero attached hydrogens (tertiary/aromatic N) is 2. The van der Waals surface area contributed by atoms with Gasteiger partial charge in [0.2, 0.25) is 0 Å². The van der Waals surface area contributed by atoms with Gasteiger partial charge in [0.05, 0.1) is 5.56 Å². The SMILES string of the molecule is CCN(CCCCl)c1ncc(Br)cc1C(F)(F)F. The van der Waals surface area contributed by atoms with Crippen molar-refractivity contribution in [1.29, 1.82) is 0 Å². The number of alkyl halides is 4. The standard InChI is InChI=1S/C11H13BrClF3N2/c1-2-18(5-3-4-13)10-9(11(14,15)16)6-8(12)7-17-10/h6-7H,2-5H2,1H3. The minimum Gasteiger partial charge on any atom is -0.356 e. The summed E-state index contributed by atoms with van der Waals surface area (Å²) < 4.78 is 39.1. The molecule has 1 heterocycles. The number of hydrogen-bond acceptors (Lipinski definition) is 2. The highest BCUT2D eigenvalue weighted by Crippen LogP contribution is 2.36. The van der Waals surface area contributed by atoms with Gasteiger partial charge >= 0.3 is 6.18 Å². The Bertz CT molecular complexity index is 398. The van der Waals surface area contributed by atoms with Crippen molar-refractivity contribution in [1.82, 2.24) is 4.98 Å². The largest absolute Gasteiger partial charge is 0.419 e. The highest BCUT2D eigenvalue weighted by molar-refractivity contribution is 9.10. The molecule has 0 aliphatic heterocycles. The molecule has 0 fully saturated rings. The Balaban J connectivity index is 3.13. The predicted molar refractivity (Wildman–Crippen MR) is 70.2 cm³/mol. The number of pyridine rings is 1. The Morgan fingerprint density at radius 2 is 2.11 bits per heavy atom. The summed E-state index contributed by atoms with van der Waals surface area (Å²) in [6.45, 7) is 2.70. The average Bonchev–Trinajstić information content (AvgIpc) is 2.30. The van der Waals surface area contributed by atoms with Crippen molar-refractivity contribution in [2.75, 3.05) is 23.9 Å². The van der Waals surface area contributed by atoms with Crippen LogP contribution < -0.4 is 4.90 Å². The number of aromatic nitrogens is 1. The van der Waals surface area contributed by atoms with Gasteiger partial charge in [0.15, 0.2) is 0 Å². The van der Waals surface area contributed by atoms with E-state index in [0.29, 0.717) is 29.9 Å². The molecule has 2 nitrogen and oxygen atoms in total. The molecule has 0 amide bonds. The molecule has 102 valence electrons. The van der Waals surface area contributed by atoms with E-state index >= 15 is 0 Å². The fourth-order valence-corrected chi connectivity index (χ4v) is 2.01. The van der Waals surface area contributed by atoms with Crippen molar-refractivity contribution in [2.45, 2.75) is 19.5 Å². The van der Waals surface area contributed by atoms with Crippen LogP contribution in [0.15, 0.2) is 16.7 Å². The first kappa shape index (κ1) is 15.6. The van der Waals surface area contributed by atoms with Gasteiger partial charge in [0.25, 0.3) is 0 Å². The number of halogens is 5. The van der Waals surface area contributed by atoms with Gasteiger partial charge < -0.3 is 4.90 Å². The minimum absolute atomic E-state index is 0.0432. The van der Waals surface area contributed by atoms with Crippen LogP contribution in [-0.2, 0) is 6.18 Å². The molecule has 0 saturated heterocycles. The van der Waals surface area contributed by atoms with Crippen LogP contribution in [0.2, 0.25) is 0 Å². The summed E-state index contributed by atoms with van der Waals surface area (Å²) >= 11 is 8.58. The van der Waals surface area contributed by atoms with Crippen LogP contribution in [0, 0.1) is 0 Å². The lowest BCUT2D eigenvalue weighted by Crippen LogP contribution is -2.28. The Morgan fingerprint density at radius 3 is 2.61 bits per heavy atom. The van der Waals surface area contributed by atoms with Crippen molar-refractivity contribution in [3.05, 3.63) is 22.3 Å². The molecule has 0 unspecified atom stereocenters. The van der Waals surface area contributed by atoms with Crippen molar-refractivity contribution in [2.24, 2.45) is 0 Å². The van der Waals surface area contributed by atoms with Crippen LogP contribution in [0.3, 0.4) is 0 Å². The number of hydrogen-bond donors (Lipinski definition) is 0. The molecule has 0 spiro atoms. The zero-order valence-corrected chi connectivity index (χ0v) is 12.1. The van der Waals surface area contributed by atoms with E-state index < -0.39 is 11.7 Å². The monoisotopic (exact) mass is 344 g/mol. The molecule has 1 aromatic heterocycles. The van der Waals surface area contributed by atoms with E-state index in [1.165, 1.54) is 6.20 Å². The van der Waals surface area contributed by atoms with Crippen molar-refractivity contribution in [3.63, 3.8) is 0 Å². The third kappa shape index (κ3) is 4.02. The van der Waals surface area contributed by atoms with Crippen LogP contribution in [0.25, 0.3) is 0 Å². The quantitative estimate of drug-likeness (QED) is 0.739. The van der Waals surface area contributed by atoms with Gasteiger partial charge in [0, 0.05) is 29.6 Å². The zero-order chi connectivity index (χ0) is 13.8. The molecule has 7 heteroatoms. The van der Waals surface area contributed by atoms with E-state index in [0.717, 1.165) is 6.07 Å². The Morgan fingerprint density at radius 1 is 1.44 bits per heavy atom. The van der Waals surface area contributed by atoms with E-state index in [1.54, 1.807) is 11.8 Å². The molecule has 0 saturated carbocycles. The first-order valence-corrected chi connectivity index (χ1v) is 6.76.